The summed E-state index contributed by atoms with van der Waals surface area (Å²) in [6, 6.07) is 18.4. The Labute approximate surface area is 211 Å². The Balaban J connectivity index is 1.37. The highest BCUT2D eigenvalue weighted by Gasteiger charge is 2.19. The molecule has 1 fully saturated rings. The predicted octanol–water partition coefficient (Wildman–Crippen LogP) is 9.43. The molecule has 0 heterocycles. The van der Waals surface area contributed by atoms with E-state index < -0.39 is 0 Å². The maximum absolute atomic E-state index is 15.2. The fourth-order valence-corrected chi connectivity index (χ4v) is 5.33. The number of allylic oxidation sites excluding steroid dienone is 1. The summed E-state index contributed by atoms with van der Waals surface area (Å²) in [6.45, 7) is 6.19. The van der Waals surface area contributed by atoms with Crippen molar-refractivity contribution in [2.24, 2.45) is 11.8 Å². The first kappa shape index (κ1) is 25.2. The molecule has 0 unspecified atom stereocenters. The highest BCUT2D eigenvalue weighted by atomic mass is 19.1. The van der Waals surface area contributed by atoms with Gasteiger partial charge in [-0.2, -0.15) is 0 Å². The third-order valence-electron chi connectivity index (χ3n) is 7.70. The largest absolute Gasteiger partial charge is 0.205 e. The van der Waals surface area contributed by atoms with E-state index in [-0.39, 0.29) is 5.82 Å². The van der Waals surface area contributed by atoms with Crippen molar-refractivity contribution in [3.8, 4) is 11.8 Å². The number of benzene rings is 3. The van der Waals surface area contributed by atoms with E-state index in [9.17, 15) is 0 Å². The molecule has 0 amide bonds. The monoisotopic (exact) mass is 466 g/mol. The smallest absolute Gasteiger partial charge is 0.146 e. The van der Waals surface area contributed by atoms with Crippen LogP contribution in [0.4, 0.5) is 4.39 Å². The zero-order chi connectivity index (χ0) is 24.5. The van der Waals surface area contributed by atoms with Gasteiger partial charge in [-0.15, -0.1) is 6.58 Å². The summed E-state index contributed by atoms with van der Waals surface area (Å²) >= 11 is 0. The van der Waals surface area contributed by atoms with Gasteiger partial charge in [-0.3, -0.25) is 0 Å². The van der Waals surface area contributed by atoms with Crippen LogP contribution in [0.15, 0.2) is 67.3 Å². The standard InChI is InChI=1S/C34H39F/c1-3-5-6-7-8-27-13-15-29(16-14-27)19-21-31-22-23-32-25-30(20-24-33(32)34(31)35)18-17-28-11-9-26(4-2)10-12-28/h4,13-16,20,22-26,28H,2-3,5-12,17-18H2,1H3. The second-order valence-corrected chi connectivity index (χ2v) is 10.3. The summed E-state index contributed by atoms with van der Waals surface area (Å²) in [6.07, 6.45) is 15.8. The number of rotatable bonds is 9. The molecule has 0 radical (unpaired) electrons. The van der Waals surface area contributed by atoms with Crippen molar-refractivity contribution in [1.29, 1.82) is 0 Å². The van der Waals surface area contributed by atoms with E-state index in [2.05, 4.69) is 67.8 Å². The molecule has 1 aliphatic rings. The fraction of sp³-hybridized carbons (Fsp3) is 0.412. The Kier molecular flexibility index (Phi) is 9.19. The van der Waals surface area contributed by atoms with Gasteiger partial charge in [0.25, 0.3) is 0 Å². The van der Waals surface area contributed by atoms with Gasteiger partial charge >= 0.3 is 0 Å². The third-order valence-corrected chi connectivity index (χ3v) is 7.70. The van der Waals surface area contributed by atoms with E-state index in [1.165, 1.54) is 68.9 Å². The van der Waals surface area contributed by atoms with Gasteiger partial charge in [0.15, 0.2) is 0 Å². The van der Waals surface area contributed by atoms with E-state index in [4.69, 9.17) is 0 Å². The number of aryl methyl sites for hydroxylation is 2. The first-order chi connectivity index (χ1) is 17.2. The minimum absolute atomic E-state index is 0.211. The second kappa shape index (κ2) is 12.7. The molecule has 0 bridgehead atoms. The Hall–Kier alpha value is -2.85. The normalized spacial score (nSPS) is 17.7. The van der Waals surface area contributed by atoms with Crippen molar-refractivity contribution in [2.75, 3.05) is 0 Å². The maximum atomic E-state index is 15.2. The summed E-state index contributed by atoms with van der Waals surface area (Å²) in [4.78, 5) is 0. The van der Waals surface area contributed by atoms with E-state index in [0.29, 0.717) is 16.9 Å². The van der Waals surface area contributed by atoms with E-state index >= 15 is 4.39 Å². The lowest BCUT2D eigenvalue weighted by Gasteiger charge is -2.26. The Morgan fingerprint density at radius 1 is 0.857 bits per heavy atom. The third kappa shape index (κ3) is 7.08. The van der Waals surface area contributed by atoms with Crippen molar-refractivity contribution in [3.05, 3.63) is 95.3 Å². The number of hydrogen-bond acceptors (Lipinski definition) is 0. The lowest BCUT2D eigenvalue weighted by atomic mass is 9.79. The molecule has 1 heteroatoms. The molecule has 3 aromatic rings. The van der Waals surface area contributed by atoms with Crippen molar-refractivity contribution in [1.82, 2.24) is 0 Å². The molecule has 182 valence electrons. The summed E-state index contributed by atoms with van der Waals surface area (Å²) in [5, 5.41) is 1.63. The Bertz CT molecular complexity index is 1170. The van der Waals surface area contributed by atoms with Gasteiger partial charge in [-0.25, -0.2) is 4.39 Å². The summed E-state index contributed by atoms with van der Waals surface area (Å²) < 4.78 is 15.2. The molecule has 1 saturated carbocycles. The predicted molar refractivity (Wildman–Crippen MR) is 148 cm³/mol. The second-order valence-electron chi connectivity index (χ2n) is 10.3. The quantitative estimate of drug-likeness (QED) is 0.167. The molecule has 3 aromatic carbocycles. The number of halogens is 1. The van der Waals surface area contributed by atoms with Gasteiger partial charge in [-0.1, -0.05) is 80.5 Å². The number of hydrogen-bond donors (Lipinski definition) is 0. The lowest BCUT2D eigenvalue weighted by molar-refractivity contribution is 0.296. The van der Waals surface area contributed by atoms with Gasteiger partial charge in [0.2, 0.25) is 0 Å². The van der Waals surface area contributed by atoms with E-state index in [1.54, 1.807) is 0 Å². The average molecular weight is 467 g/mol. The average Bonchev–Trinajstić information content (AvgIpc) is 2.90. The molecule has 0 nitrogen and oxygen atoms in total. The zero-order valence-electron chi connectivity index (χ0n) is 21.3. The first-order valence-electron chi connectivity index (χ1n) is 13.6. The van der Waals surface area contributed by atoms with Crippen molar-refractivity contribution >= 4 is 10.8 Å². The zero-order valence-corrected chi connectivity index (χ0v) is 21.3. The SMILES string of the molecule is C=CC1CCC(CCc2ccc3c(F)c(C#Cc4ccc(CCCCCC)cc4)ccc3c2)CC1. The number of unbranched alkanes of at least 4 members (excludes halogenated alkanes) is 3. The van der Waals surface area contributed by atoms with E-state index in [0.717, 1.165) is 29.7 Å². The minimum atomic E-state index is -0.211. The maximum Gasteiger partial charge on any atom is 0.146 e. The van der Waals surface area contributed by atoms with Crippen LogP contribution in [-0.4, -0.2) is 0 Å². The molecule has 1 aliphatic carbocycles. The van der Waals surface area contributed by atoms with Gasteiger partial charge in [0.05, 0.1) is 5.56 Å². The minimum Gasteiger partial charge on any atom is -0.205 e. The topological polar surface area (TPSA) is 0 Å². The van der Waals surface area contributed by atoms with Crippen LogP contribution >= 0.6 is 0 Å². The molecule has 0 aliphatic heterocycles. The summed E-state index contributed by atoms with van der Waals surface area (Å²) in [7, 11) is 0. The summed E-state index contributed by atoms with van der Waals surface area (Å²) in [5.74, 6) is 7.52. The number of fused-ring (bicyclic) bond motifs is 1. The Morgan fingerprint density at radius 2 is 1.63 bits per heavy atom. The van der Waals surface area contributed by atoms with Crippen LogP contribution in [0.25, 0.3) is 10.8 Å². The molecule has 0 saturated heterocycles. The van der Waals surface area contributed by atoms with Crippen molar-refractivity contribution in [3.63, 3.8) is 0 Å². The lowest BCUT2D eigenvalue weighted by Crippen LogP contribution is -2.13. The van der Waals surface area contributed by atoms with Crippen molar-refractivity contribution < 1.29 is 4.39 Å². The van der Waals surface area contributed by atoms with Gasteiger partial charge < -0.3 is 0 Å². The van der Waals surface area contributed by atoms with Crippen LogP contribution in [0, 0.1) is 29.5 Å². The molecular weight excluding hydrogens is 427 g/mol. The van der Waals surface area contributed by atoms with Crippen molar-refractivity contribution in [2.45, 2.75) is 77.6 Å². The molecular formula is C34H39F. The van der Waals surface area contributed by atoms with Crippen LogP contribution in [0.3, 0.4) is 0 Å². The molecule has 4 rings (SSSR count). The first-order valence-corrected chi connectivity index (χ1v) is 13.6. The highest BCUT2D eigenvalue weighted by Crippen LogP contribution is 2.32. The Morgan fingerprint density at radius 3 is 2.37 bits per heavy atom. The van der Waals surface area contributed by atoms with Crippen LogP contribution in [0.1, 0.15) is 87.0 Å². The molecule has 0 N–H and O–H groups in total. The molecule has 0 aromatic heterocycles. The van der Waals surface area contributed by atoms with Gasteiger partial charge in [0.1, 0.15) is 5.82 Å². The van der Waals surface area contributed by atoms with Crippen LogP contribution < -0.4 is 0 Å². The molecule has 0 spiro atoms. The van der Waals surface area contributed by atoms with E-state index in [1.807, 2.05) is 18.2 Å². The highest BCUT2D eigenvalue weighted by molar-refractivity contribution is 5.85. The molecule has 35 heavy (non-hydrogen) atoms. The van der Waals surface area contributed by atoms with Crippen LogP contribution in [0.5, 0.6) is 0 Å². The van der Waals surface area contributed by atoms with Gasteiger partial charge in [0, 0.05) is 10.9 Å². The van der Waals surface area contributed by atoms with Crippen LogP contribution in [0.2, 0.25) is 0 Å². The summed E-state index contributed by atoms with van der Waals surface area (Å²) in [5.41, 5.74) is 4.05. The fourth-order valence-electron chi connectivity index (χ4n) is 5.33. The van der Waals surface area contributed by atoms with Gasteiger partial charge in [-0.05, 0) is 97.9 Å². The molecule has 0 atom stereocenters. The van der Waals surface area contributed by atoms with Crippen LogP contribution in [-0.2, 0) is 12.8 Å².